The third-order valence-electron chi connectivity index (χ3n) is 2.09. The van der Waals surface area contributed by atoms with Crippen molar-refractivity contribution in [3.8, 4) is 11.8 Å². The highest BCUT2D eigenvalue weighted by molar-refractivity contribution is 7.13. The molecule has 2 heterocycles. The molecule has 1 saturated heterocycles. The van der Waals surface area contributed by atoms with Gasteiger partial charge in [-0.3, -0.25) is 4.79 Å². The number of carbonyl (C=O) groups excluding carboxylic acids is 1. The van der Waals surface area contributed by atoms with Gasteiger partial charge in [-0.1, -0.05) is 0 Å². The number of amides is 1. The molecule has 2 rings (SSSR count). The summed E-state index contributed by atoms with van der Waals surface area (Å²) in [5.41, 5.74) is 5.51. The van der Waals surface area contributed by atoms with E-state index in [9.17, 15) is 4.79 Å². The average Bonchev–Trinajstić information content (AvgIpc) is 2.76. The molecule has 0 aromatic carbocycles. The summed E-state index contributed by atoms with van der Waals surface area (Å²) >= 11 is 1.51. The average molecular weight is 237 g/mol. The summed E-state index contributed by atoms with van der Waals surface area (Å²) in [5.74, 6) is 4.25. The van der Waals surface area contributed by atoms with Crippen molar-refractivity contribution in [2.24, 2.45) is 5.73 Å². The Morgan fingerprint density at radius 3 is 3.00 bits per heavy atom. The molecule has 0 saturated carbocycles. The summed E-state index contributed by atoms with van der Waals surface area (Å²) in [4.78, 5) is 16.9. The van der Waals surface area contributed by atoms with E-state index in [-0.39, 0.29) is 0 Å². The van der Waals surface area contributed by atoms with Crippen LogP contribution in [-0.4, -0.2) is 37.2 Å². The second kappa shape index (κ2) is 4.96. The first-order valence-corrected chi connectivity index (χ1v) is 5.73. The lowest BCUT2D eigenvalue weighted by atomic mass is 10.4. The van der Waals surface area contributed by atoms with Crippen LogP contribution in [-0.2, 0) is 9.53 Å². The van der Waals surface area contributed by atoms with Gasteiger partial charge in [0, 0.05) is 24.4 Å². The van der Waals surface area contributed by atoms with E-state index in [2.05, 4.69) is 21.7 Å². The van der Waals surface area contributed by atoms with Crippen molar-refractivity contribution in [3.05, 3.63) is 11.1 Å². The topological polar surface area (TPSA) is 68.5 Å². The lowest BCUT2D eigenvalue weighted by Crippen LogP contribution is -2.36. The monoisotopic (exact) mass is 237 g/mol. The number of aromatic nitrogens is 1. The van der Waals surface area contributed by atoms with E-state index in [1.807, 2.05) is 5.38 Å². The second-order valence-corrected chi connectivity index (χ2v) is 4.07. The number of anilines is 1. The Morgan fingerprint density at radius 2 is 2.31 bits per heavy atom. The summed E-state index contributed by atoms with van der Waals surface area (Å²) in [5, 5.41) is 2.73. The maximum Gasteiger partial charge on any atom is 0.293 e. The quantitative estimate of drug-likeness (QED) is 0.688. The molecule has 1 fully saturated rings. The van der Waals surface area contributed by atoms with Crippen molar-refractivity contribution in [2.45, 2.75) is 0 Å². The maximum absolute atomic E-state index is 10.5. The predicted octanol–water partition coefficient (Wildman–Crippen LogP) is -0.183. The van der Waals surface area contributed by atoms with Crippen LogP contribution in [0.1, 0.15) is 5.69 Å². The van der Waals surface area contributed by atoms with Gasteiger partial charge in [-0.2, -0.15) is 0 Å². The van der Waals surface area contributed by atoms with Gasteiger partial charge >= 0.3 is 0 Å². The Kier molecular flexibility index (Phi) is 3.39. The molecular weight excluding hydrogens is 226 g/mol. The van der Waals surface area contributed by atoms with Gasteiger partial charge < -0.3 is 15.4 Å². The molecule has 6 heteroatoms. The van der Waals surface area contributed by atoms with E-state index in [0.717, 1.165) is 31.4 Å². The van der Waals surface area contributed by atoms with Gasteiger partial charge in [0.05, 0.1) is 13.2 Å². The van der Waals surface area contributed by atoms with Gasteiger partial charge in [0.1, 0.15) is 5.69 Å². The van der Waals surface area contributed by atoms with Gasteiger partial charge in [0.25, 0.3) is 5.91 Å². The van der Waals surface area contributed by atoms with Gasteiger partial charge in [-0.15, -0.1) is 11.3 Å². The molecule has 1 aliphatic heterocycles. The largest absolute Gasteiger partial charge is 0.378 e. The molecule has 0 unspecified atom stereocenters. The fourth-order valence-corrected chi connectivity index (χ4v) is 2.16. The first-order valence-electron chi connectivity index (χ1n) is 4.85. The van der Waals surface area contributed by atoms with Crippen LogP contribution in [0.2, 0.25) is 0 Å². The molecule has 1 aliphatic rings. The Hall–Kier alpha value is -1.58. The number of rotatable bonds is 1. The van der Waals surface area contributed by atoms with E-state index in [1.165, 1.54) is 11.3 Å². The highest BCUT2D eigenvalue weighted by Gasteiger charge is 2.13. The third-order valence-corrected chi connectivity index (χ3v) is 2.99. The smallest absolute Gasteiger partial charge is 0.293 e. The van der Waals surface area contributed by atoms with Crippen molar-refractivity contribution in [1.29, 1.82) is 0 Å². The van der Waals surface area contributed by atoms with Gasteiger partial charge in [-0.05, 0) is 5.92 Å². The molecule has 0 radical (unpaired) electrons. The van der Waals surface area contributed by atoms with Crippen molar-refractivity contribution in [1.82, 2.24) is 4.98 Å². The number of thiazole rings is 1. The van der Waals surface area contributed by atoms with Crippen LogP contribution in [0.3, 0.4) is 0 Å². The first-order chi connectivity index (χ1) is 7.75. The van der Waals surface area contributed by atoms with E-state index in [4.69, 9.17) is 10.5 Å². The molecule has 0 atom stereocenters. The lowest BCUT2D eigenvalue weighted by molar-refractivity contribution is -0.112. The maximum atomic E-state index is 10.5. The number of primary amides is 1. The van der Waals surface area contributed by atoms with Crippen LogP contribution in [0, 0.1) is 11.8 Å². The normalized spacial score (nSPS) is 15.4. The number of hydrogen-bond donors (Lipinski definition) is 1. The zero-order valence-corrected chi connectivity index (χ0v) is 9.42. The molecule has 1 aromatic heterocycles. The Labute approximate surface area is 97.2 Å². The van der Waals surface area contributed by atoms with Crippen LogP contribution in [0.25, 0.3) is 0 Å². The van der Waals surface area contributed by atoms with E-state index in [0.29, 0.717) is 5.69 Å². The highest BCUT2D eigenvalue weighted by atomic mass is 32.1. The molecule has 16 heavy (non-hydrogen) atoms. The van der Waals surface area contributed by atoms with Crippen molar-refractivity contribution in [2.75, 3.05) is 31.2 Å². The summed E-state index contributed by atoms with van der Waals surface area (Å²) < 4.78 is 5.25. The standard InChI is InChI=1S/C10H11N3O2S/c11-9(14)2-1-8-7-16-10(12-8)13-3-5-15-6-4-13/h7H,3-6H2,(H2,11,14). The first kappa shape index (κ1) is 10.9. The molecule has 0 bridgehead atoms. The minimum absolute atomic E-state index is 0.588. The number of nitrogens with zero attached hydrogens (tertiary/aromatic N) is 2. The zero-order valence-electron chi connectivity index (χ0n) is 8.60. The molecule has 2 N–H and O–H groups in total. The predicted molar refractivity (Wildman–Crippen MR) is 61.2 cm³/mol. The molecule has 1 aromatic rings. The van der Waals surface area contributed by atoms with E-state index < -0.39 is 5.91 Å². The summed E-state index contributed by atoms with van der Waals surface area (Å²) in [6.45, 7) is 3.14. The SMILES string of the molecule is NC(=O)C#Cc1csc(N2CCOCC2)n1. The van der Waals surface area contributed by atoms with Crippen LogP contribution in [0.15, 0.2) is 5.38 Å². The number of morpholine rings is 1. The van der Waals surface area contributed by atoms with Gasteiger partial charge in [0.15, 0.2) is 5.13 Å². The highest BCUT2D eigenvalue weighted by Crippen LogP contribution is 2.20. The summed E-state index contributed by atoms with van der Waals surface area (Å²) in [7, 11) is 0. The molecule has 0 spiro atoms. The molecule has 84 valence electrons. The van der Waals surface area contributed by atoms with Gasteiger partial charge in [-0.25, -0.2) is 4.98 Å². The number of ether oxygens (including phenoxy) is 1. The Bertz CT molecular complexity index is 440. The van der Waals surface area contributed by atoms with Crippen LogP contribution in [0.4, 0.5) is 5.13 Å². The number of carbonyl (C=O) groups is 1. The van der Waals surface area contributed by atoms with Gasteiger partial charge in [0.2, 0.25) is 0 Å². The minimum atomic E-state index is -0.638. The van der Waals surface area contributed by atoms with Crippen LogP contribution in [0.5, 0.6) is 0 Å². The molecule has 5 nitrogen and oxygen atoms in total. The number of hydrogen-bond acceptors (Lipinski definition) is 5. The molecule has 1 amide bonds. The zero-order chi connectivity index (χ0) is 11.4. The minimum Gasteiger partial charge on any atom is -0.378 e. The summed E-state index contributed by atoms with van der Waals surface area (Å²) in [6.07, 6.45) is 0. The molecular formula is C10H11N3O2S. The third kappa shape index (κ3) is 2.72. The van der Waals surface area contributed by atoms with Crippen molar-refractivity contribution >= 4 is 22.4 Å². The van der Waals surface area contributed by atoms with Crippen molar-refractivity contribution in [3.63, 3.8) is 0 Å². The fourth-order valence-electron chi connectivity index (χ4n) is 1.35. The van der Waals surface area contributed by atoms with Crippen molar-refractivity contribution < 1.29 is 9.53 Å². The Balaban J connectivity index is 2.07. The van der Waals surface area contributed by atoms with E-state index in [1.54, 1.807) is 0 Å². The second-order valence-electron chi connectivity index (χ2n) is 3.23. The Morgan fingerprint density at radius 1 is 1.56 bits per heavy atom. The fraction of sp³-hybridized carbons (Fsp3) is 0.400. The lowest BCUT2D eigenvalue weighted by Gasteiger charge is -2.25. The summed E-state index contributed by atoms with van der Waals surface area (Å²) in [6, 6.07) is 0. The number of nitrogens with two attached hydrogens (primary N) is 1. The molecule has 0 aliphatic carbocycles. The van der Waals surface area contributed by atoms with Crippen LogP contribution < -0.4 is 10.6 Å². The van der Waals surface area contributed by atoms with Crippen LogP contribution >= 0.6 is 11.3 Å². The van der Waals surface area contributed by atoms with E-state index >= 15 is 0 Å².